The minimum Gasteiger partial charge on any atom is -0.262 e. The Hall–Kier alpha value is -1.25. The lowest BCUT2D eigenvalue weighted by molar-refractivity contribution is 0.603. The van der Waals surface area contributed by atoms with Gasteiger partial charge in [0.1, 0.15) is 17.3 Å². The van der Waals surface area contributed by atoms with Crippen molar-refractivity contribution in [3.8, 4) is 0 Å². The molecule has 2 heterocycles. The summed E-state index contributed by atoms with van der Waals surface area (Å²) in [4.78, 5) is 11.3. The first-order valence-electron chi connectivity index (χ1n) is 4.40. The Morgan fingerprint density at radius 3 is 2.71 bits per heavy atom. The summed E-state index contributed by atoms with van der Waals surface area (Å²) in [6, 6.07) is 1.33. The van der Waals surface area contributed by atoms with Gasteiger partial charge >= 0.3 is 0 Å². The number of hydrogen-bond donors (Lipinski definition) is 1. The van der Waals surface area contributed by atoms with E-state index in [1.54, 1.807) is 6.92 Å². The van der Waals surface area contributed by atoms with Crippen molar-refractivity contribution in [3.05, 3.63) is 28.8 Å². The number of rotatable bonds is 3. The first kappa shape index (κ1) is 12.2. The molecule has 0 aromatic carbocycles. The molecule has 0 saturated carbocycles. The maximum atomic E-state index is 11.9. The van der Waals surface area contributed by atoms with Gasteiger partial charge in [-0.15, -0.1) is 11.3 Å². The molecule has 0 aliphatic heterocycles. The third-order valence-corrected chi connectivity index (χ3v) is 4.67. The van der Waals surface area contributed by atoms with Crippen molar-refractivity contribution in [2.75, 3.05) is 4.72 Å². The number of thiazole rings is 1. The maximum Gasteiger partial charge on any atom is 0.274 e. The maximum absolute atomic E-state index is 11.9. The summed E-state index contributed by atoms with van der Waals surface area (Å²) in [5.74, 6) is 0.121. The van der Waals surface area contributed by atoms with Crippen molar-refractivity contribution in [1.29, 1.82) is 0 Å². The van der Waals surface area contributed by atoms with Crippen molar-refractivity contribution in [2.24, 2.45) is 0 Å². The predicted molar refractivity (Wildman–Crippen MR) is 64.7 cm³/mol. The normalized spacial score (nSPS) is 11.4. The zero-order valence-electron chi connectivity index (χ0n) is 8.58. The van der Waals surface area contributed by atoms with E-state index in [1.807, 2.05) is 0 Å². The van der Waals surface area contributed by atoms with Crippen LogP contribution in [0.1, 0.15) is 5.01 Å². The van der Waals surface area contributed by atoms with E-state index >= 15 is 0 Å². The fourth-order valence-corrected chi connectivity index (χ4v) is 3.30. The number of hydrogen-bond acceptors (Lipinski definition) is 6. The fraction of sp³-hybridized carbons (Fsp3) is 0.125. The lowest BCUT2D eigenvalue weighted by atomic mass is 10.6. The summed E-state index contributed by atoms with van der Waals surface area (Å²) < 4.78 is 26.2. The van der Waals surface area contributed by atoms with Crippen LogP contribution in [0.5, 0.6) is 0 Å². The van der Waals surface area contributed by atoms with Crippen molar-refractivity contribution in [1.82, 2.24) is 15.0 Å². The Bertz CT molecular complexity index is 640. The smallest absolute Gasteiger partial charge is 0.262 e. The Kier molecular flexibility index (Phi) is 3.27. The minimum atomic E-state index is -3.65. The molecule has 0 spiro atoms. The van der Waals surface area contributed by atoms with E-state index in [4.69, 9.17) is 11.6 Å². The number of nitrogens with zero attached hydrogens (tertiary/aromatic N) is 3. The standard InChI is InChI=1S/C8H7ClN4O2S2/c1-5-10-3-8(16-5)17(14,15)13-7-2-6(9)11-4-12-7/h2-4H,1H3,(H,11,12,13). The second-order valence-electron chi connectivity index (χ2n) is 3.03. The van der Waals surface area contributed by atoms with Crippen LogP contribution in [-0.2, 0) is 10.0 Å². The number of aryl methyl sites for hydroxylation is 1. The molecule has 0 fully saturated rings. The highest BCUT2D eigenvalue weighted by Gasteiger charge is 2.17. The molecule has 0 unspecified atom stereocenters. The average molecular weight is 291 g/mol. The van der Waals surface area contributed by atoms with E-state index in [1.165, 1.54) is 18.6 Å². The van der Waals surface area contributed by atoms with E-state index in [2.05, 4.69) is 19.7 Å². The average Bonchev–Trinajstić information content (AvgIpc) is 2.65. The summed E-state index contributed by atoms with van der Waals surface area (Å²) >= 11 is 6.71. The van der Waals surface area contributed by atoms with Gasteiger partial charge in [0.25, 0.3) is 10.0 Å². The SMILES string of the molecule is Cc1ncc(S(=O)(=O)Nc2cc(Cl)ncn2)s1. The molecule has 0 aliphatic rings. The first-order chi connectivity index (χ1) is 7.97. The minimum absolute atomic E-state index is 0.121. The highest BCUT2D eigenvalue weighted by molar-refractivity contribution is 7.94. The summed E-state index contributed by atoms with van der Waals surface area (Å²) in [7, 11) is -3.65. The molecule has 6 nitrogen and oxygen atoms in total. The Labute approximate surface area is 107 Å². The number of sulfonamides is 1. The van der Waals surface area contributed by atoms with Crippen LogP contribution >= 0.6 is 22.9 Å². The van der Waals surface area contributed by atoms with Crippen LogP contribution in [-0.4, -0.2) is 23.4 Å². The quantitative estimate of drug-likeness (QED) is 0.870. The summed E-state index contributed by atoms with van der Waals surface area (Å²) in [5, 5.41) is 0.837. The van der Waals surface area contributed by atoms with Crippen LogP contribution in [0, 0.1) is 6.92 Å². The lowest BCUT2D eigenvalue weighted by Gasteiger charge is -2.04. The van der Waals surface area contributed by atoms with E-state index in [9.17, 15) is 8.42 Å². The lowest BCUT2D eigenvalue weighted by Crippen LogP contribution is -2.12. The molecule has 0 amide bonds. The molecule has 2 aromatic heterocycles. The molecule has 0 atom stereocenters. The van der Waals surface area contributed by atoms with E-state index in [-0.39, 0.29) is 15.2 Å². The molecule has 2 aromatic rings. The zero-order chi connectivity index (χ0) is 12.5. The van der Waals surface area contributed by atoms with E-state index < -0.39 is 10.0 Å². The van der Waals surface area contributed by atoms with Crippen LogP contribution in [0.15, 0.2) is 22.8 Å². The molecule has 0 aliphatic carbocycles. The number of anilines is 1. The topological polar surface area (TPSA) is 84.8 Å². The highest BCUT2D eigenvalue weighted by atomic mass is 35.5. The van der Waals surface area contributed by atoms with Gasteiger partial charge in [-0.05, 0) is 6.92 Å². The summed E-state index contributed by atoms with van der Waals surface area (Å²) in [6.45, 7) is 1.73. The fourth-order valence-electron chi connectivity index (χ4n) is 1.04. The third kappa shape index (κ3) is 2.90. The Morgan fingerprint density at radius 2 is 2.12 bits per heavy atom. The molecule has 90 valence electrons. The second kappa shape index (κ2) is 4.55. The van der Waals surface area contributed by atoms with Gasteiger partial charge in [-0.1, -0.05) is 11.6 Å². The van der Waals surface area contributed by atoms with Gasteiger partial charge in [-0.25, -0.2) is 23.4 Å². The van der Waals surface area contributed by atoms with Gasteiger partial charge in [0.2, 0.25) is 0 Å². The molecular weight excluding hydrogens is 284 g/mol. The monoisotopic (exact) mass is 290 g/mol. The van der Waals surface area contributed by atoms with Crippen LogP contribution in [0.25, 0.3) is 0 Å². The van der Waals surface area contributed by atoms with Gasteiger partial charge < -0.3 is 0 Å². The molecule has 17 heavy (non-hydrogen) atoms. The summed E-state index contributed by atoms with van der Waals surface area (Å²) in [6.07, 6.45) is 2.48. The molecule has 2 rings (SSSR count). The molecule has 0 bridgehead atoms. The number of aromatic nitrogens is 3. The third-order valence-electron chi connectivity index (χ3n) is 1.74. The molecule has 9 heteroatoms. The Morgan fingerprint density at radius 1 is 1.35 bits per heavy atom. The van der Waals surface area contributed by atoms with Crippen LogP contribution in [0.3, 0.4) is 0 Å². The van der Waals surface area contributed by atoms with Gasteiger partial charge in [0.05, 0.1) is 11.2 Å². The molecule has 1 N–H and O–H groups in total. The molecule has 0 saturated heterocycles. The van der Waals surface area contributed by atoms with Gasteiger partial charge in [0.15, 0.2) is 4.21 Å². The highest BCUT2D eigenvalue weighted by Crippen LogP contribution is 2.20. The number of halogens is 1. The van der Waals surface area contributed by atoms with Gasteiger partial charge in [0, 0.05) is 6.07 Å². The summed E-state index contributed by atoms with van der Waals surface area (Å²) in [5.41, 5.74) is 0. The van der Waals surface area contributed by atoms with Gasteiger partial charge in [-0.3, -0.25) is 4.72 Å². The largest absolute Gasteiger partial charge is 0.274 e. The van der Waals surface area contributed by atoms with Crippen LogP contribution in [0.4, 0.5) is 5.82 Å². The van der Waals surface area contributed by atoms with Crippen molar-refractivity contribution < 1.29 is 8.42 Å². The van der Waals surface area contributed by atoms with Crippen molar-refractivity contribution in [2.45, 2.75) is 11.1 Å². The van der Waals surface area contributed by atoms with Crippen molar-refractivity contribution >= 4 is 38.8 Å². The Balaban J connectivity index is 2.29. The number of nitrogens with one attached hydrogen (secondary N) is 1. The first-order valence-corrected chi connectivity index (χ1v) is 7.08. The van der Waals surface area contributed by atoms with Crippen molar-refractivity contribution in [3.63, 3.8) is 0 Å². The van der Waals surface area contributed by atoms with E-state index in [0.29, 0.717) is 5.01 Å². The molecular formula is C8H7ClN4O2S2. The predicted octanol–water partition coefficient (Wildman–Crippen LogP) is 1.70. The second-order valence-corrected chi connectivity index (χ2v) is 6.56. The van der Waals surface area contributed by atoms with Crippen LogP contribution < -0.4 is 4.72 Å². The zero-order valence-corrected chi connectivity index (χ0v) is 11.0. The van der Waals surface area contributed by atoms with Gasteiger partial charge in [-0.2, -0.15) is 0 Å². The molecule has 0 radical (unpaired) electrons. The van der Waals surface area contributed by atoms with Crippen LogP contribution in [0.2, 0.25) is 5.15 Å². The van der Waals surface area contributed by atoms with E-state index in [0.717, 1.165) is 11.3 Å².